The second-order valence-corrected chi connectivity index (χ2v) is 5.96. The van der Waals surface area contributed by atoms with Gasteiger partial charge in [0.25, 0.3) is 0 Å². The van der Waals surface area contributed by atoms with E-state index in [4.69, 9.17) is 18.9 Å². The molecule has 0 spiro atoms. The average Bonchev–Trinajstić information content (AvgIpc) is 3.26. The highest BCUT2D eigenvalue weighted by Crippen LogP contribution is 2.43. The monoisotopic (exact) mass is 431 g/mol. The van der Waals surface area contributed by atoms with E-state index in [-0.39, 0.29) is 17.0 Å². The van der Waals surface area contributed by atoms with Crippen molar-refractivity contribution in [1.29, 1.82) is 0 Å². The van der Waals surface area contributed by atoms with E-state index in [1.807, 2.05) is 0 Å². The van der Waals surface area contributed by atoms with E-state index in [2.05, 4.69) is 10.3 Å². The van der Waals surface area contributed by atoms with Crippen LogP contribution in [0.2, 0.25) is 0 Å². The van der Waals surface area contributed by atoms with Gasteiger partial charge in [-0.2, -0.15) is 0 Å². The topological polar surface area (TPSA) is 154 Å². The number of nitro groups is 2. The van der Waals surface area contributed by atoms with E-state index in [1.54, 1.807) is 12.1 Å². The molecule has 1 heterocycles. The summed E-state index contributed by atoms with van der Waals surface area (Å²) in [5.74, 6) is 0.855. The van der Waals surface area contributed by atoms with Crippen molar-refractivity contribution in [3.05, 3.63) is 50.7 Å². The molecule has 0 saturated heterocycles. The van der Waals surface area contributed by atoms with Gasteiger partial charge in [-0.3, -0.25) is 20.2 Å². The molecule has 31 heavy (non-hydrogen) atoms. The molecular weight excluding hydrogens is 414 g/mol. The van der Waals surface area contributed by atoms with Gasteiger partial charge in [0, 0.05) is 12.1 Å². The van der Waals surface area contributed by atoms with Crippen molar-refractivity contribution in [2.24, 2.45) is 0 Å². The lowest BCUT2D eigenvalue weighted by Gasteiger charge is -2.13. The Balaban J connectivity index is 2.17. The first-order valence-corrected chi connectivity index (χ1v) is 8.59. The van der Waals surface area contributed by atoms with Crippen molar-refractivity contribution >= 4 is 11.4 Å². The Hall–Kier alpha value is -4.42. The number of rotatable bonds is 8. The summed E-state index contributed by atoms with van der Waals surface area (Å²) in [4.78, 5) is 21.4. The van der Waals surface area contributed by atoms with Crippen LogP contribution in [0.4, 0.5) is 11.4 Å². The fourth-order valence-corrected chi connectivity index (χ4v) is 3.01. The SMILES string of the molecule is COc1cc(-n2cc(-c3ccc(OC)c([N+](=O)[O-])c3[N+](=O)[O-])nn2)cc(OC)c1OC. The molecule has 13 heteroatoms. The number of ether oxygens (including phenoxy) is 4. The fraction of sp³-hybridized carbons (Fsp3) is 0.222. The maximum Gasteiger partial charge on any atom is 0.388 e. The molecule has 1 aromatic heterocycles. The number of methoxy groups -OCH3 is 4. The molecule has 3 aromatic rings. The Morgan fingerprint density at radius 1 is 0.839 bits per heavy atom. The summed E-state index contributed by atoms with van der Waals surface area (Å²) in [7, 11) is 5.55. The molecule has 3 rings (SSSR count). The van der Waals surface area contributed by atoms with E-state index in [0.29, 0.717) is 22.9 Å². The molecule has 0 amide bonds. The zero-order valence-corrected chi connectivity index (χ0v) is 16.9. The van der Waals surface area contributed by atoms with Crippen LogP contribution in [0.1, 0.15) is 0 Å². The van der Waals surface area contributed by atoms with Crippen LogP contribution >= 0.6 is 0 Å². The van der Waals surface area contributed by atoms with Gasteiger partial charge in [-0.25, -0.2) is 4.68 Å². The van der Waals surface area contributed by atoms with E-state index in [1.165, 1.54) is 51.5 Å². The van der Waals surface area contributed by atoms with Crippen molar-refractivity contribution in [1.82, 2.24) is 15.0 Å². The van der Waals surface area contributed by atoms with Gasteiger partial charge in [0.05, 0.1) is 55.7 Å². The average molecular weight is 431 g/mol. The van der Waals surface area contributed by atoms with Crippen molar-refractivity contribution in [3.8, 4) is 39.9 Å². The lowest BCUT2D eigenvalue weighted by molar-refractivity contribution is -0.422. The molecule has 0 bridgehead atoms. The van der Waals surface area contributed by atoms with E-state index >= 15 is 0 Å². The van der Waals surface area contributed by atoms with Crippen molar-refractivity contribution in [2.45, 2.75) is 0 Å². The van der Waals surface area contributed by atoms with Gasteiger partial charge in [-0.15, -0.1) is 5.10 Å². The maximum atomic E-state index is 11.6. The first kappa shape index (κ1) is 21.3. The molecule has 0 N–H and O–H groups in total. The third-order valence-electron chi connectivity index (χ3n) is 4.38. The molecule has 2 aromatic carbocycles. The third-order valence-corrected chi connectivity index (χ3v) is 4.38. The predicted molar refractivity (Wildman–Crippen MR) is 106 cm³/mol. The predicted octanol–water partition coefficient (Wildman–Crippen LogP) is 2.79. The van der Waals surface area contributed by atoms with E-state index in [0.717, 1.165) is 0 Å². The third kappa shape index (κ3) is 3.75. The Morgan fingerprint density at radius 2 is 1.42 bits per heavy atom. The number of benzene rings is 2. The minimum atomic E-state index is -0.871. The Bertz CT molecular complexity index is 1130. The van der Waals surface area contributed by atoms with Crippen molar-refractivity contribution in [3.63, 3.8) is 0 Å². The van der Waals surface area contributed by atoms with Crippen LogP contribution in [0, 0.1) is 20.2 Å². The Labute approximate surface area is 175 Å². The zero-order valence-electron chi connectivity index (χ0n) is 16.9. The van der Waals surface area contributed by atoms with Crippen LogP contribution in [-0.2, 0) is 0 Å². The highest BCUT2D eigenvalue weighted by molar-refractivity contribution is 5.80. The van der Waals surface area contributed by atoms with Gasteiger partial charge < -0.3 is 18.9 Å². The van der Waals surface area contributed by atoms with Crippen molar-refractivity contribution < 1.29 is 28.8 Å². The second-order valence-electron chi connectivity index (χ2n) is 5.96. The summed E-state index contributed by atoms with van der Waals surface area (Å²) >= 11 is 0. The molecule has 0 aliphatic heterocycles. The molecular formula is C18H17N5O8. The van der Waals surface area contributed by atoms with E-state index in [9.17, 15) is 20.2 Å². The summed E-state index contributed by atoms with van der Waals surface area (Å²) in [5.41, 5.74) is -1.10. The van der Waals surface area contributed by atoms with Gasteiger partial charge in [0.1, 0.15) is 5.69 Å². The smallest absolute Gasteiger partial charge is 0.388 e. The molecule has 0 saturated carbocycles. The molecule has 0 radical (unpaired) electrons. The molecule has 0 unspecified atom stereocenters. The van der Waals surface area contributed by atoms with Gasteiger partial charge in [-0.05, 0) is 12.1 Å². The number of hydrogen-bond acceptors (Lipinski definition) is 10. The lowest BCUT2D eigenvalue weighted by atomic mass is 10.1. The van der Waals surface area contributed by atoms with Crippen LogP contribution in [0.5, 0.6) is 23.0 Å². The van der Waals surface area contributed by atoms with E-state index < -0.39 is 21.2 Å². The number of nitro benzene ring substituents is 2. The number of nitrogens with zero attached hydrogens (tertiary/aromatic N) is 5. The molecule has 0 aliphatic rings. The molecule has 13 nitrogen and oxygen atoms in total. The standard InChI is InChI=1S/C18H17N5O8/c1-28-13-6-5-11(16(22(24)25)17(13)23(26)27)12-9-21(20-19-12)10-7-14(29-2)18(31-4)15(8-10)30-3/h5-9H,1-4H3. The lowest BCUT2D eigenvalue weighted by Crippen LogP contribution is -2.02. The van der Waals surface area contributed by atoms with Crippen LogP contribution in [0.15, 0.2) is 30.5 Å². The first-order valence-electron chi connectivity index (χ1n) is 8.59. The normalized spacial score (nSPS) is 10.5. The van der Waals surface area contributed by atoms with Gasteiger partial charge in [-0.1, -0.05) is 5.21 Å². The molecule has 0 atom stereocenters. The van der Waals surface area contributed by atoms with Gasteiger partial charge >= 0.3 is 11.4 Å². The summed E-state index contributed by atoms with van der Waals surface area (Å²) in [6.07, 6.45) is 1.39. The Kier molecular flexibility index (Phi) is 5.85. The summed E-state index contributed by atoms with van der Waals surface area (Å²) in [5, 5.41) is 31.0. The number of aromatic nitrogens is 3. The molecule has 0 aliphatic carbocycles. The largest absolute Gasteiger partial charge is 0.493 e. The maximum absolute atomic E-state index is 11.6. The summed E-state index contributed by atoms with van der Waals surface area (Å²) in [6, 6.07) is 5.78. The van der Waals surface area contributed by atoms with Crippen LogP contribution in [-0.4, -0.2) is 53.3 Å². The summed E-state index contributed by atoms with van der Waals surface area (Å²) < 4.78 is 22.1. The second kappa shape index (κ2) is 8.52. The van der Waals surface area contributed by atoms with Crippen LogP contribution in [0.3, 0.4) is 0 Å². The highest BCUT2D eigenvalue weighted by Gasteiger charge is 2.35. The number of hydrogen-bond donors (Lipinski definition) is 0. The Morgan fingerprint density at radius 3 is 1.90 bits per heavy atom. The van der Waals surface area contributed by atoms with Gasteiger partial charge in [0.15, 0.2) is 11.5 Å². The zero-order chi connectivity index (χ0) is 22.7. The molecule has 0 fully saturated rings. The minimum Gasteiger partial charge on any atom is -0.493 e. The first-order chi connectivity index (χ1) is 14.9. The minimum absolute atomic E-state index is 0.0474. The van der Waals surface area contributed by atoms with Crippen LogP contribution in [0.25, 0.3) is 16.9 Å². The highest BCUT2D eigenvalue weighted by atomic mass is 16.6. The van der Waals surface area contributed by atoms with Crippen molar-refractivity contribution in [2.75, 3.05) is 28.4 Å². The van der Waals surface area contributed by atoms with Gasteiger partial charge in [0.2, 0.25) is 11.5 Å². The molecule has 162 valence electrons. The quantitative estimate of drug-likeness (QED) is 0.384. The summed E-state index contributed by atoms with van der Waals surface area (Å²) in [6.45, 7) is 0. The fourth-order valence-electron chi connectivity index (χ4n) is 3.01. The van der Waals surface area contributed by atoms with Crippen LogP contribution < -0.4 is 18.9 Å².